The Kier molecular flexibility index (Phi) is 3.77. The van der Waals surface area contributed by atoms with Gasteiger partial charge >= 0.3 is 6.01 Å². The first-order valence-electron chi connectivity index (χ1n) is 5.50. The molecular weight excluding hydrogens is 228 g/mol. The molecule has 1 aromatic rings. The minimum Gasteiger partial charge on any atom is -0.467 e. The topological polar surface area (TPSA) is 51.1 Å². The summed E-state index contributed by atoms with van der Waals surface area (Å²) in [6, 6.07) is 0.277. The van der Waals surface area contributed by atoms with Crippen molar-refractivity contribution in [3.05, 3.63) is 5.28 Å². The van der Waals surface area contributed by atoms with Crippen LogP contribution in [0.2, 0.25) is 5.28 Å². The van der Waals surface area contributed by atoms with Gasteiger partial charge in [-0.2, -0.15) is 15.0 Å². The van der Waals surface area contributed by atoms with Crippen LogP contribution in [-0.4, -0.2) is 35.2 Å². The molecule has 2 heterocycles. The van der Waals surface area contributed by atoms with Gasteiger partial charge in [-0.1, -0.05) is 12.8 Å². The molecule has 0 atom stereocenters. The Balaban J connectivity index is 2.20. The van der Waals surface area contributed by atoms with Gasteiger partial charge in [0.25, 0.3) is 0 Å². The molecule has 0 N–H and O–H groups in total. The van der Waals surface area contributed by atoms with Crippen LogP contribution in [0.1, 0.15) is 25.7 Å². The monoisotopic (exact) mass is 242 g/mol. The van der Waals surface area contributed by atoms with Gasteiger partial charge in [-0.05, 0) is 24.4 Å². The maximum absolute atomic E-state index is 5.82. The highest BCUT2D eigenvalue weighted by atomic mass is 35.5. The second-order valence-corrected chi connectivity index (χ2v) is 4.13. The van der Waals surface area contributed by atoms with Gasteiger partial charge < -0.3 is 9.64 Å². The Hall–Kier alpha value is -1.10. The lowest BCUT2D eigenvalue weighted by atomic mass is 10.2. The SMILES string of the molecule is COc1nc(Cl)nc(N2CCCCCC2)n1. The number of anilines is 1. The molecule has 0 saturated carbocycles. The fourth-order valence-electron chi connectivity index (χ4n) is 1.83. The van der Waals surface area contributed by atoms with Crippen LogP contribution in [0.15, 0.2) is 0 Å². The van der Waals surface area contributed by atoms with Gasteiger partial charge in [0.2, 0.25) is 11.2 Å². The number of hydrogen-bond acceptors (Lipinski definition) is 5. The van der Waals surface area contributed by atoms with Crippen molar-refractivity contribution in [2.45, 2.75) is 25.7 Å². The van der Waals surface area contributed by atoms with Crippen LogP contribution >= 0.6 is 11.6 Å². The smallest absolute Gasteiger partial charge is 0.322 e. The maximum Gasteiger partial charge on any atom is 0.322 e. The van der Waals surface area contributed by atoms with Crippen molar-refractivity contribution in [1.82, 2.24) is 15.0 Å². The van der Waals surface area contributed by atoms with E-state index < -0.39 is 0 Å². The number of halogens is 1. The fourth-order valence-corrected chi connectivity index (χ4v) is 1.97. The molecule has 2 rings (SSSR count). The Morgan fingerprint density at radius 3 is 2.38 bits per heavy atom. The minimum atomic E-state index is 0.186. The zero-order valence-corrected chi connectivity index (χ0v) is 10.1. The molecule has 88 valence electrons. The third-order valence-electron chi connectivity index (χ3n) is 2.65. The summed E-state index contributed by atoms with van der Waals surface area (Å²) in [4.78, 5) is 14.4. The van der Waals surface area contributed by atoms with E-state index in [9.17, 15) is 0 Å². The van der Waals surface area contributed by atoms with E-state index in [1.54, 1.807) is 0 Å². The molecule has 0 unspecified atom stereocenters. The van der Waals surface area contributed by atoms with Crippen molar-refractivity contribution in [3.8, 4) is 6.01 Å². The molecule has 1 aliphatic heterocycles. The van der Waals surface area contributed by atoms with Crippen molar-refractivity contribution in [2.24, 2.45) is 0 Å². The standard InChI is InChI=1S/C10H15ClN4O/c1-16-10-13-8(11)12-9(14-10)15-6-4-2-3-5-7-15/h2-7H2,1H3. The van der Waals surface area contributed by atoms with Crippen molar-refractivity contribution in [1.29, 1.82) is 0 Å². The van der Waals surface area contributed by atoms with Crippen molar-refractivity contribution in [3.63, 3.8) is 0 Å². The molecule has 5 nitrogen and oxygen atoms in total. The van der Waals surface area contributed by atoms with Gasteiger partial charge in [0.1, 0.15) is 0 Å². The molecule has 0 radical (unpaired) electrons. The summed E-state index contributed by atoms with van der Waals surface area (Å²) in [5, 5.41) is 0.186. The second-order valence-electron chi connectivity index (χ2n) is 3.79. The Morgan fingerprint density at radius 1 is 1.06 bits per heavy atom. The number of hydrogen-bond donors (Lipinski definition) is 0. The third kappa shape index (κ3) is 2.72. The number of nitrogens with zero attached hydrogens (tertiary/aromatic N) is 4. The van der Waals surface area contributed by atoms with E-state index >= 15 is 0 Å². The molecule has 0 amide bonds. The predicted octanol–water partition coefficient (Wildman–Crippen LogP) is 1.91. The molecule has 16 heavy (non-hydrogen) atoms. The quantitative estimate of drug-likeness (QED) is 0.793. The molecule has 0 spiro atoms. The van der Waals surface area contributed by atoms with Crippen LogP contribution in [-0.2, 0) is 0 Å². The first kappa shape index (κ1) is 11.4. The van der Waals surface area contributed by atoms with E-state index in [1.165, 1.54) is 32.8 Å². The number of ether oxygens (including phenoxy) is 1. The van der Waals surface area contributed by atoms with Crippen molar-refractivity contribution < 1.29 is 4.74 Å². The fraction of sp³-hybridized carbons (Fsp3) is 0.700. The Morgan fingerprint density at radius 2 is 1.75 bits per heavy atom. The molecule has 1 saturated heterocycles. The number of aromatic nitrogens is 3. The summed E-state index contributed by atoms with van der Waals surface area (Å²) < 4.78 is 4.98. The first-order chi connectivity index (χ1) is 7.79. The Bertz CT molecular complexity index is 353. The van der Waals surface area contributed by atoms with Crippen LogP contribution in [0.4, 0.5) is 5.95 Å². The summed E-state index contributed by atoms with van der Waals surface area (Å²) >= 11 is 5.82. The first-order valence-corrected chi connectivity index (χ1v) is 5.88. The molecule has 6 heteroatoms. The molecule has 1 aliphatic rings. The summed E-state index contributed by atoms with van der Waals surface area (Å²) in [7, 11) is 1.53. The lowest BCUT2D eigenvalue weighted by Crippen LogP contribution is -2.26. The molecule has 1 aromatic heterocycles. The van der Waals surface area contributed by atoms with Gasteiger partial charge in [0.15, 0.2) is 0 Å². The normalized spacial score (nSPS) is 17.0. The summed E-state index contributed by atoms with van der Waals surface area (Å²) in [6.45, 7) is 1.95. The van der Waals surface area contributed by atoms with Gasteiger partial charge in [-0.15, -0.1) is 0 Å². The number of methoxy groups -OCH3 is 1. The highest BCUT2D eigenvalue weighted by Gasteiger charge is 2.14. The van der Waals surface area contributed by atoms with E-state index in [1.807, 2.05) is 0 Å². The van der Waals surface area contributed by atoms with Crippen LogP contribution in [0, 0.1) is 0 Å². The molecule has 0 bridgehead atoms. The lowest BCUT2D eigenvalue weighted by molar-refractivity contribution is 0.378. The number of rotatable bonds is 2. The largest absolute Gasteiger partial charge is 0.467 e. The minimum absolute atomic E-state index is 0.186. The van der Waals surface area contributed by atoms with E-state index in [2.05, 4.69) is 19.9 Å². The summed E-state index contributed by atoms with van der Waals surface area (Å²) in [5.74, 6) is 0.624. The third-order valence-corrected chi connectivity index (χ3v) is 2.82. The highest BCUT2D eigenvalue weighted by molar-refractivity contribution is 6.28. The van der Waals surface area contributed by atoms with E-state index in [4.69, 9.17) is 16.3 Å². The van der Waals surface area contributed by atoms with E-state index in [0.717, 1.165) is 13.1 Å². The average molecular weight is 243 g/mol. The lowest BCUT2D eigenvalue weighted by Gasteiger charge is -2.19. The maximum atomic E-state index is 5.82. The summed E-state index contributed by atoms with van der Waals surface area (Å²) in [5.41, 5.74) is 0. The molecule has 0 aliphatic carbocycles. The van der Waals surface area contributed by atoms with Crippen LogP contribution in [0.25, 0.3) is 0 Å². The molecule has 1 fully saturated rings. The van der Waals surface area contributed by atoms with Crippen molar-refractivity contribution in [2.75, 3.05) is 25.1 Å². The average Bonchev–Trinajstić information content (AvgIpc) is 2.56. The second kappa shape index (κ2) is 5.30. The molecule has 0 aromatic carbocycles. The summed E-state index contributed by atoms with van der Waals surface area (Å²) in [6.07, 6.45) is 4.89. The van der Waals surface area contributed by atoms with E-state index in [-0.39, 0.29) is 11.3 Å². The van der Waals surface area contributed by atoms with Gasteiger partial charge in [-0.3, -0.25) is 0 Å². The van der Waals surface area contributed by atoms with Gasteiger partial charge in [0, 0.05) is 13.1 Å². The van der Waals surface area contributed by atoms with E-state index in [0.29, 0.717) is 5.95 Å². The highest BCUT2D eigenvalue weighted by Crippen LogP contribution is 2.18. The van der Waals surface area contributed by atoms with Crippen LogP contribution in [0.5, 0.6) is 6.01 Å². The predicted molar refractivity (Wildman–Crippen MR) is 62.1 cm³/mol. The Labute approximate surface area is 99.8 Å². The van der Waals surface area contributed by atoms with Gasteiger partial charge in [0.05, 0.1) is 7.11 Å². The molecular formula is C10H15ClN4O. The van der Waals surface area contributed by atoms with Crippen LogP contribution < -0.4 is 9.64 Å². The van der Waals surface area contributed by atoms with Crippen LogP contribution in [0.3, 0.4) is 0 Å². The van der Waals surface area contributed by atoms with Gasteiger partial charge in [-0.25, -0.2) is 0 Å². The zero-order chi connectivity index (χ0) is 11.4. The van der Waals surface area contributed by atoms with Crippen molar-refractivity contribution >= 4 is 17.5 Å². The zero-order valence-electron chi connectivity index (χ0n) is 9.32.